The SMILES string of the molecule is Cl.Nc1n[nH]c(-c2cn[nH]n2)n1. The van der Waals surface area contributed by atoms with Crippen molar-refractivity contribution in [2.75, 3.05) is 5.73 Å². The van der Waals surface area contributed by atoms with Crippen molar-refractivity contribution >= 4 is 18.4 Å². The predicted octanol–water partition coefficient (Wildman–Crippen LogP) is -0.406. The minimum absolute atomic E-state index is 0. The first-order chi connectivity index (χ1) is 5.36. The van der Waals surface area contributed by atoms with Crippen LogP contribution in [0.2, 0.25) is 0 Å². The van der Waals surface area contributed by atoms with Gasteiger partial charge < -0.3 is 5.73 Å². The fourth-order valence-corrected chi connectivity index (χ4v) is 0.705. The van der Waals surface area contributed by atoms with Crippen molar-refractivity contribution in [3.05, 3.63) is 6.20 Å². The number of nitrogens with two attached hydrogens (primary N) is 1. The molecule has 0 amide bonds. The number of nitrogen functional groups attached to an aromatic ring is 1. The second kappa shape index (κ2) is 3.18. The van der Waals surface area contributed by atoms with Gasteiger partial charge in [-0.25, -0.2) is 0 Å². The van der Waals surface area contributed by atoms with Crippen molar-refractivity contribution in [2.24, 2.45) is 0 Å². The summed E-state index contributed by atoms with van der Waals surface area (Å²) >= 11 is 0. The summed E-state index contributed by atoms with van der Waals surface area (Å²) in [5.41, 5.74) is 5.86. The largest absolute Gasteiger partial charge is 0.366 e. The van der Waals surface area contributed by atoms with Crippen LogP contribution in [-0.4, -0.2) is 30.6 Å². The molecule has 0 atom stereocenters. The third kappa shape index (κ3) is 1.35. The monoisotopic (exact) mass is 187 g/mol. The zero-order valence-electron chi connectivity index (χ0n) is 5.85. The van der Waals surface area contributed by atoms with Crippen LogP contribution in [0.5, 0.6) is 0 Å². The number of halogens is 1. The summed E-state index contributed by atoms with van der Waals surface area (Å²) in [6.45, 7) is 0. The molecule has 12 heavy (non-hydrogen) atoms. The van der Waals surface area contributed by atoms with Crippen LogP contribution < -0.4 is 5.73 Å². The molecule has 2 aromatic rings. The molecule has 7 nitrogen and oxygen atoms in total. The van der Waals surface area contributed by atoms with Gasteiger partial charge in [-0.15, -0.1) is 17.5 Å². The smallest absolute Gasteiger partial charge is 0.239 e. The third-order valence-electron chi connectivity index (χ3n) is 1.16. The van der Waals surface area contributed by atoms with Crippen LogP contribution in [0.4, 0.5) is 5.95 Å². The van der Waals surface area contributed by atoms with Gasteiger partial charge in [-0.1, -0.05) is 0 Å². The van der Waals surface area contributed by atoms with Gasteiger partial charge in [-0.2, -0.15) is 20.4 Å². The molecule has 4 N–H and O–H groups in total. The molecule has 0 bridgehead atoms. The van der Waals surface area contributed by atoms with Gasteiger partial charge in [0.25, 0.3) is 0 Å². The molecule has 64 valence electrons. The van der Waals surface area contributed by atoms with E-state index in [1.54, 1.807) is 0 Å². The number of rotatable bonds is 1. The molecule has 0 unspecified atom stereocenters. The maximum Gasteiger partial charge on any atom is 0.239 e. The number of hydrogen-bond donors (Lipinski definition) is 3. The number of nitrogens with zero attached hydrogens (tertiary/aromatic N) is 4. The summed E-state index contributed by atoms with van der Waals surface area (Å²) in [7, 11) is 0. The van der Waals surface area contributed by atoms with E-state index in [-0.39, 0.29) is 18.4 Å². The van der Waals surface area contributed by atoms with Gasteiger partial charge in [0, 0.05) is 0 Å². The van der Waals surface area contributed by atoms with Crippen molar-refractivity contribution in [3.63, 3.8) is 0 Å². The van der Waals surface area contributed by atoms with Crippen LogP contribution in [0, 0.1) is 0 Å². The van der Waals surface area contributed by atoms with E-state index in [1.165, 1.54) is 6.20 Å². The highest BCUT2D eigenvalue weighted by molar-refractivity contribution is 5.85. The molecule has 0 saturated carbocycles. The fourth-order valence-electron chi connectivity index (χ4n) is 0.705. The Hall–Kier alpha value is -1.63. The molecule has 0 aliphatic heterocycles. The van der Waals surface area contributed by atoms with Crippen LogP contribution in [0.1, 0.15) is 0 Å². The Kier molecular flexibility index (Phi) is 2.24. The van der Waals surface area contributed by atoms with Gasteiger partial charge >= 0.3 is 0 Å². The molecular weight excluding hydrogens is 182 g/mol. The molecule has 0 radical (unpaired) electrons. The predicted molar refractivity (Wildman–Crippen MR) is 43.4 cm³/mol. The topological polar surface area (TPSA) is 109 Å². The zero-order chi connectivity index (χ0) is 7.68. The van der Waals surface area contributed by atoms with E-state index in [0.717, 1.165) is 0 Å². The Balaban J connectivity index is 0.000000720. The number of nitrogens with one attached hydrogen (secondary N) is 2. The number of anilines is 1. The third-order valence-corrected chi connectivity index (χ3v) is 1.16. The zero-order valence-corrected chi connectivity index (χ0v) is 6.67. The molecule has 0 aliphatic rings. The summed E-state index contributed by atoms with van der Waals surface area (Å²) in [6.07, 6.45) is 1.53. The van der Waals surface area contributed by atoms with Crippen molar-refractivity contribution in [3.8, 4) is 11.5 Å². The molecule has 8 heteroatoms. The summed E-state index contributed by atoms with van der Waals surface area (Å²) in [5.74, 6) is 0.708. The maximum atomic E-state index is 5.27. The summed E-state index contributed by atoms with van der Waals surface area (Å²) in [5, 5.41) is 16.1. The van der Waals surface area contributed by atoms with E-state index in [1.807, 2.05) is 0 Å². The Labute approximate surface area is 73.2 Å². The number of aromatic nitrogens is 6. The van der Waals surface area contributed by atoms with E-state index in [9.17, 15) is 0 Å². The Bertz CT molecular complexity index is 338. The summed E-state index contributed by atoms with van der Waals surface area (Å²) < 4.78 is 0. The van der Waals surface area contributed by atoms with Crippen LogP contribution in [0.25, 0.3) is 11.5 Å². The van der Waals surface area contributed by atoms with Gasteiger partial charge in [0.2, 0.25) is 5.95 Å². The second-order valence-corrected chi connectivity index (χ2v) is 1.90. The lowest BCUT2D eigenvalue weighted by Gasteiger charge is -1.80. The lowest BCUT2D eigenvalue weighted by molar-refractivity contribution is 0.938. The Morgan fingerprint density at radius 3 is 2.67 bits per heavy atom. The van der Waals surface area contributed by atoms with Crippen LogP contribution in [0.3, 0.4) is 0 Å². The quantitative estimate of drug-likeness (QED) is 0.563. The molecule has 2 heterocycles. The van der Waals surface area contributed by atoms with E-state index < -0.39 is 0 Å². The molecule has 0 fully saturated rings. The summed E-state index contributed by atoms with van der Waals surface area (Å²) in [6, 6.07) is 0. The van der Waals surface area contributed by atoms with Crippen LogP contribution in [-0.2, 0) is 0 Å². The molecule has 0 saturated heterocycles. The molecular formula is C4H6ClN7. The van der Waals surface area contributed by atoms with Crippen LogP contribution in [0.15, 0.2) is 6.20 Å². The van der Waals surface area contributed by atoms with Gasteiger partial charge in [0.05, 0.1) is 6.20 Å². The average molecular weight is 188 g/mol. The van der Waals surface area contributed by atoms with Crippen molar-refractivity contribution < 1.29 is 0 Å². The van der Waals surface area contributed by atoms with E-state index in [4.69, 9.17) is 5.73 Å². The highest BCUT2D eigenvalue weighted by Gasteiger charge is 2.04. The highest BCUT2D eigenvalue weighted by atomic mass is 35.5. The molecule has 2 aromatic heterocycles. The van der Waals surface area contributed by atoms with Crippen molar-refractivity contribution in [1.29, 1.82) is 0 Å². The first kappa shape index (κ1) is 8.47. The fraction of sp³-hybridized carbons (Fsp3) is 0. The lowest BCUT2D eigenvalue weighted by Crippen LogP contribution is -1.85. The number of aromatic amines is 2. The maximum absolute atomic E-state index is 5.27. The summed E-state index contributed by atoms with van der Waals surface area (Å²) in [4.78, 5) is 3.84. The minimum atomic E-state index is 0. The van der Waals surface area contributed by atoms with E-state index in [2.05, 4.69) is 30.6 Å². The minimum Gasteiger partial charge on any atom is -0.366 e. The van der Waals surface area contributed by atoms with E-state index >= 15 is 0 Å². The number of H-pyrrole nitrogens is 2. The Morgan fingerprint density at radius 1 is 1.33 bits per heavy atom. The first-order valence-corrected chi connectivity index (χ1v) is 2.90. The molecule has 0 aromatic carbocycles. The second-order valence-electron chi connectivity index (χ2n) is 1.90. The first-order valence-electron chi connectivity index (χ1n) is 2.90. The van der Waals surface area contributed by atoms with E-state index in [0.29, 0.717) is 11.5 Å². The highest BCUT2D eigenvalue weighted by Crippen LogP contribution is 2.07. The molecule has 0 spiro atoms. The molecule has 2 rings (SSSR count). The lowest BCUT2D eigenvalue weighted by atomic mass is 10.5. The number of hydrogen-bond acceptors (Lipinski definition) is 5. The van der Waals surface area contributed by atoms with Crippen molar-refractivity contribution in [1.82, 2.24) is 30.6 Å². The molecule has 0 aliphatic carbocycles. The Morgan fingerprint density at radius 2 is 2.17 bits per heavy atom. The van der Waals surface area contributed by atoms with Crippen LogP contribution >= 0.6 is 12.4 Å². The van der Waals surface area contributed by atoms with Gasteiger partial charge in [-0.3, -0.25) is 5.10 Å². The van der Waals surface area contributed by atoms with Gasteiger partial charge in [0.1, 0.15) is 5.69 Å². The average Bonchev–Trinajstić information content (AvgIpc) is 2.55. The van der Waals surface area contributed by atoms with Gasteiger partial charge in [-0.05, 0) is 0 Å². The van der Waals surface area contributed by atoms with Crippen molar-refractivity contribution in [2.45, 2.75) is 0 Å². The van der Waals surface area contributed by atoms with Gasteiger partial charge in [0.15, 0.2) is 5.82 Å². The normalized spacial score (nSPS) is 9.33. The standard InChI is InChI=1S/C4H5N7.ClH/c5-4-7-3(9-10-4)2-1-6-11-8-2;/h1H,(H,6,8,11)(H3,5,7,9,10);1H.